The van der Waals surface area contributed by atoms with Gasteiger partial charge in [0, 0.05) is 37.8 Å². The van der Waals surface area contributed by atoms with Crippen LogP contribution in [0.25, 0.3) is 0 Å². The first-order valence-corrected chi connectivity index (χ1v) is 8.63. The van der Waals surface area contributed by atoms with Crippen molar-refractivity contribution in [2.45, 2.75) is 39.4 Å². The molecule has 4 rings (SSSR count). The molecule has 2 aliphatic rings. The van der Waals surface area contributed by atoms with Crippen molar-refractivity contribution in [3.05, 3.63) is 52.9 Å². The molecule has 0 aliphatic carbocycles. The van der Waals surface area contributed by atoms with Crippen molar-refractivity contribution in [2.24, 2.45) is 5.92 Å². The Bertz CT molecular complexity index is 647. The molecule has 4 nitrogen and oxygen atoms in total. The van der Waals surface area contributed by atoms with E-state index in [0.29, 0.717) is 6.04 Å². The van der Waals surface area contributed by atoms with Crippen LogP contribution in [0.15, 0.2) is 34.9 Å². The van der Waals surface area contributed by atoms with E-state index in [1.165, 1.54) is 37.2 Å². The van der Waals surface area contributed by atoms with Crippen LogP contribution in [-0.2, 0) is 13.1 Å². The summed E-state index contributed by atoms with van der Waals surface area (Å²) in [5.74, 6) is 1.79. The highest BCUT2D eigenvalue weighted by Crippen LogP contribution is 2.33. The Hall–Kier alpha value is -1.65. The third-order valence-electron chi connectivity index (χ3n) is 5.53. The molecule has 0 N–H and O–H groups in total. The minimum Gasteiger partial charge on any atom is -0.361 e. The number of aromatic nitrogens is 1. The van der Waals surface area contributed by atoms with Gasteiger partial charge in [0.15, 0.2) is 0 Å². The van der Waals surface area contributed by atoms with Crippen molar-refractivity contribution < 1.29 is 4.52 Å². The van der Waals surface area contributed by atoms with Crippen LogP contribution in [0.2, 0.25) is 0 Å². The lowest BCUT2D eigenvalue weighted by Crippen LogP contribution is -2.34. The van der Waals surface area contributed by atoms with E-state index in [1.54, 1.807) is 0 Å². The zero-order valence-corrected chi connectivity index (χ0v) is 14.0. The van der Waals surface area contributed by atoms with Gasteiger partial charge in [-0.2, -0.15) is 0 Å². The summed E-state index contributed by atoms with van der Waals surface area (Å²) < 4.78 is 5.31. The lowest BCUT2D eigenvalue weighted by Gasteiger charge is -2.24. The Morgan fingerprint density at radius 3 is 2.70 bits per heavy atom. The Morgan fingerprint density at radius 1 is 1.13 bits per heavy atom. The summed E-state index contributed by atoms with van der Waals surface area (Å²) in [6.45, 7) is 9.75. The molecule has 2 saturated heterocycles. The highest BCUT2D eigenvalue weighted by atomic mass is 16.5. The second kappa shape index (κ2) is 6.10. The van der Waals surface area contributed by atoms with E-state index in [9.17, 15) is 0 Å². The summed E-state index contributed by atoms with van der Waals surface area (Å²) in [5, 5.41) is 4.09. The molecular weight excluding hydrogens is 286 g/mol. The van der Waals surface area contributed by atoms with Gasteiger partial charge in [0.05, 0.1) is 5.69 Å². The number of nitrogens with zero attached hydrogens (tertiary/aromatic N) is 3. The van der Waals surface area contributed by atoms with Crippen molar-refractivity contribution in [1.29, 1.82) is 0 Å². The fourth-order valence-electron chi connectivity index (χ4n) is 4.23. The monoisotopic (exact) mass is 311 g/mol. The zero-order chi connectivity index (χ0) is 15.8. The van der Waals surface area contributed by atoms with Gasteiger partial charge >= 0.3 is 0 Å². The predicted octanol–water partition coefficient (Wildman–Crippen LogP) is 3.00. The van der Waals surface area contributed by atoms with Gasteiger partial charge < -0.3 is 4.52 Å². The van der Waals surface area contributed by atoms with Crippen LogP contribution >= 0.6 is 0 Å². The van der Waals surface area contributed by atoms with Crippen molar-refractivity contribution >= 4 is 0 Å². The van der Waals surface area contributed by atoms with Gasteiger partial charge in [0.2, 0.25) is 0 Å². The molecule has 2 atom stereocenters. The van der Waals surface area contributed by atoms with Crippen LogP contribution in [0.5, 0.6) is 0 Å². The average Bonchev–Trinajstić information content (AvgIpc) is 3.21. The van der Waals surface area contributed by atoms with E-state index in [-0.39, 0.29) is 0 Å². The van der Waals surface area contributed by atoms with Gasteiger partial charge in [-0.15, -0.1) is 0 Å². The smallest absolute Gasteiger partial charge is 0.138 e. The predicted molar refractivity (Wildman–Crippen MR) is 90.0 cm³/mol. The topological polar surface area (TPSA) is 32.5 Å². The molecule has 0 amide bonds. The van der Waals surface area contributed by atoms with Crippen LogP contribution in [0, 0.1) is 19.8 Å². The molecule has 0 unspecified atom stereocenters. The lowest BCUT2D eigenvalue weighted by atomic mass is 10.0. The standard InChI is InChI=1S/C19H25N3O/c1-14-18(15(2)23-20-14)12-21-11-17-8-9-22(19(17)13-21)10-16-6-4-3-5-7-16/h3-7,17,19H,8-13H2,1-2H3/t17-,19+/m1/s1. The highest BCUT2D eigenvalue weighted by molar-refractivity contribution is 5.21. The van der Waals surface area contributed by atoms with Crippen molar-refractivity contribution in [3.8, 4) is 0 Å². The Morgan fingerprint density at radius 2 is 1.96 bits per heavy atom. The summed E-state index contributed by atoms with van der Waals surface area (Å²) in [5.41, 5.74) is 3.75. The van der Waals surface area contributed by atoms with E-state index in [4.69, 9.17) is 4.52 Å². The second-order valence-corrected chi connectivity index (χ2v) is 7.07. The molecule has 0 radical (unpaired) electrons. The normalized spacial score (nSPS) is 25.1. The van der Waals surface area contributed by atoms with Crippen LogP contribution < -0.4 is 0 Å². The summed E-state index contributed by atoms with van der Waals surface area (Å²) in [6.07, 6.45) is 1.33. The minimum absolute atomic E-state index is 0.704. The molecule has 122 valence electrons. The van der Waals surface area contributed by atoms with E-state index in [0.717, 1.165) is 30.5 Å². The Labute approximate surface area is 138 Å². The van der Waals surface area contributed by atoms with E-state index < -0.39 is 0 Å². The fraction of sp³-hybridized carbons (Fsp3) is 0.526. The number of likely N-dealkylation sites (tertiary alicyclic amines) is 2. The zero-order valence-electron chi connectivity index (χ0n) is 14.0. The van der Waals surface area contributed by atoms with E-state index >= 15 is 0 Å². The van der Waals surface area contributed by atoms with Gasteiger partial charge in [-0.05, 0) is 38.3 Å². The minimum atomic E-state index is 0.704. The van der Waals surface area contributed by atoms with E-state index in [1.807, 2.05) is 13.8 Å². The van der Waals surface area contributed by atoms with Gasteiger partial charge in [-0.3, -0.25) is 9.80 Å². The molecular formula is C19H25N3O. The molecule has 0 bridgehead atoms. The highest BCUT2D eigenvalue weighted by Gasteiger charge is 2.41. The maximum absolute atomic E-state index is 5.31. The maximum Gasteiger partial charge on any atom is 0.138 e. The van der Waals surface area contributed by atoms with Gasteiger partial charge in [-0.1, -0.05) is 35.5 Å². The molecule has 23 heavy (non-hydrogen) atoms. The molecule has 1 aromatic carbocycles. The number of hydrogen-bond donors (Lipinski definition) is 0. The number of hydrogen-bond acceptors (Lipinski definition) is 4. The first kappa shape index (κ1) is 14.9. The first-order chi connectivity index (χ1) is 11.2. The fourth-order valence-corrected chi connectivity index (χ4v) is 4.23. The second-order valence-electron chi connectivity index (χ2n) is 7.07. The maximum atomic E-state index is 5.31. The van der Waals surface area contributed by atoms with Crippen LogP contribution in [0.3, 0.4) is 0 Å². The number of benzene rings is 1. The largest absolute Gasteiger partial charge is 0.361 e. The quantitative estimate of drug-likeness (QED) is 0.869. The summed E-state index contributed by atoms with van der Waals surface area (Å²) in [4.78, 5) is 5.26. The summed E-state index contributed by atoms with van der Waals surface area (Å²) in [6, 6.07) is 11.6. The number of fused-ring (bicyclic) bond motifs is 1. The molecule has 1 aromatic heterocycles. The van der Waals surface area contributed by atoms with Crippen LogP contribution in [0.1, 0.15) is 29.0 Å². The van der Waals surface area contributed by atoms with Crippen LogP contribution in [0.4, 0.5) is 0 Å². The molecule has 0 spiro atoms. The molecule has 4 heteroatoms. The van der Waals surface area contributed by atoms with Crippen molar-refractivity contribution in [3.63, 3.8) is 0 Å². The van der Waals surface area contributed by atoms with Crippen molar-refractivity contribution in [1.82, 2.24) is 15.0 Å². The number of rotatable bonds is 4. The van der Waals surface area contributed by atoms with E-state index in [2.05, 4.69) is 45.3 Å². The molecule has 3 heterocycles. The lowest BCUT2D eigenvalue weighted by molar-refractivity contribution is 0.214. The third kappa shape index (κ3) is 2.93. The first-order valence-electron chi connectivity index (χ1n) is 8.63. The average molecular weight is 311 g/mol. The molecule has 0 saturated carbocycles. The van der Waals surface area contributed by atoms with Gasteiger partial charge in [-0.25, -0.2) is 0 Å². The Kier molecular flexibility index (Phi) is 3.95. The Balaban J connectivity index is 1.41. The third-order valence-corrected chi connectivity index (χ3v) is 5.53. The molecule has 2 aliphatic heterocycles. The summed E-state index contributed by atoms with van der Waals surface area (Å²) in [7, 11) is 0. The molecule has 2 fully saturated rings. The van der Waals surface area contributed by atoms with Gasteiger partial charge in [0.1, 0.15) is 5.76 Å². The number of aryl methyl sites for hydroxylation is 2. The van der Waals surface area contributed by atoms with Crippen LogP contribution in [-0.4, -0.2) is 40.6 Å². The summed E-state index contributed by atoms with van der Waals surface area (Å²) >= 11 is 0. The van der Waals surface area contributed by atoms with Crippen molar-refractivity contribution in [2.75, 3.05) is 19.6 Å². The SMILES string of the molecule is Cc1noc(C)c1CN1C[C@H]2CCN(Cc3ccccc3)[C@H]2C1. The molecule has 2 aromatic rings. The van der Waals surface area contributed by atoms with Gasteiger partial charge in [0.25, 0.3) is 0 Å².